The molecule has 2 aromatic heterocycles. The number of nitrogens with zero attached hydrogens (tertiary/aromatic N) is 5. The Hall–Kier alpha value is -2.99. The second-order valence-corrected chi connectivity index (χ2v) is 8.39. The van der Waals surface area contributed by atoms with Crippen molar-refractivity contribution in [1.29, 1.82) is 0 Å². The Morgan fingerprint density at radius 1 is 1.28 bits per heavy atom. The number of hydrogen-bond acceptors (Lipinski definition) is 7. The SMILES string of the molecule is O=[N+]([O-])c1cc(CN2CCC(COc3nc(C(F)F)nn3-c3ccccc3F)CC2)cs1. The molecule has 0 spiro atoms. The van der Waals surface area contributed by atoms with E-state index in [1.807, 2.05) is 0 Å². The first kappa shape index (κ1) is 22.2. The van der Waals surface area contributed by atoms with E-state index in [1.54, 1.807) is 17.5 Å². The summed E-state index contributed by atoms with van der Waals surface area (Å²) in [5, 5.41) is 16.5. The Morgan fingerprint density at radius 2 is 2.03 bits per heavy atom. The summed E-state index contributed by atoms with van der Waals surface area (Å²) in [5.74, 6) is -1.17. The van der Waals surface area contributed by atoms with E-state index < -0.39 is 23.0 Å². The molecule has 1 aromatic carbocycles. The lowest BCUT2D eigenvalue weighted by molar-refractivity contribution is -0.380. The summed E-state index contributed by atoms with van der Waals surface area (Å²) < 4.78 is 47.0. The lowest BCUT2D eigenvalue weighted by atomic mass is 9.97. The predicted octanol–water partition coefficient (Wildman–Crippen LogP) is 4.60. The normalized spacial score (nSPS) is 15.4. The van der Waals surface area contributed by atoms with Crippen LogP contribution in [0.5, 0.6) is 6.01 Å². The minimum atomic E-state index is -2.90. The van der Waals surface area contributed by atoms with Crippen molar-refractivity contribution in [2.24, 2.45) is 5.92 Å². The molecule has 0 amide bonds. The predicted molar refractivity (Wildman–Crippen MR) is 111 cm³/mol. The lowest BCUT2D eigenvalue weighted by Crippen LogP contribution is -2.35. The van der Waals surface area contributed by atoms with Crippen LogP contribution >= 0.6 is 11.3 Å². The van der Waals surface area contributed by atoms with Gasteiger partial charge in [0, 0.05) is 18.0 Å². The van der Waals surface area contributed by atoms with E-state index in [9.17, 15) is 23.3 Å². The van der Waals surface area contributed by atoms with Gasteiger partial charge in [-0.1, -0.05) is 23.5 Å². The van der Waals surface area contributed by atoms with Crippen molar-refractivity contribution in [2.45, 2.75) is 25.8 Å². The molecule has 3 aromatic rings. The minimum Gasteiger partial charge on any atom is -0.463 e. The number of thiophene rings is 1. The quantitative estimate of drug-likeness (QED) is 0.355. The Balaban J connectivity index is 1.35. The number of aromatic nitrogens is 3. The molecular formula is C20H20F3N5O3S. The third-order valence-electron chi connectivity index (χ3n) is 5.25. The largest absolute Gasteiger partial charge is 0.463 e. The third-order valence-corrected chi connectivity index (χ3v) is 6.18. The van der Waals surface area contributed by atoms with Gasteiger partial charge in [-0.25, -0.2) is 13.2 Å². The fraction of sp³-hybridized carbons (Fsp3) is 0.400. The van der Waals surface area contributed by atoms with E-state index in [2.05, 4.69) is 15.0 Å². The van der Waals surface area contributed by atoms with Crippen LogP contribution < -0.4 is 4.74 Å². The van der Waals surface area contributed by atoms with Crippen LogP contribution in [0.4, 0.5) is 18.2 Å². The van der Waals surface area contributed by atoms with Crippen molar-refractivity contribution in [1.82, 2.24) is 19.7 Å². The summed E-state index contributed by atoms with van der Waals surface area (Å²) >= 11 is 1.12. The van der Waals surface area contributed by atoms with E-state index in [0.717, 1.165) is 47.5 Å². The number of rotatable bonds is 8. The highest BCUT2D eigenvalue weighted by Gasteiger charge is 2.24. The van der Waals surface area contributed by atoms with Crippen LogP contribution in [0.2, 0.25) is 0 Å². The van der Waals surface area contributed by atoms with E-state index in [4.69, 9.17) is 4.74 Å². The van der Waals surface area contributed by atoms with Gasteiger partial charge >= 0.3 is 11.0 Å². The minimum absolute atomic E-state index is 0.0124. The van der Waals surface area contributed by atoms with Crippen molar-refractivity contribution in [3.8, 4) is 11.7 Å². The first-order valence-electron chi connectivity index (χ1n) is 9.97. The topological polar surface area (TPSA) is 86.3 Å². The third kappa shape index (κ3) is 5.07. The standard InChI is InChI=1S/C20H20F3N5O3S/c21-15-3-1-2-4-16(15)27-20(24-19(25-27)18(22)23)31-11-13-5-7-26(8-6-13)10-14-9-17(28(29)30)32-12-14/h1-4,9,12-13,18H,5-8,10-11H2. The molecule has 1 saturated heterocycles. The van der Waals surface area contributed by atoms with Crippen molar-refractivity contribution in [3.05, 3.63) is 63.0 Å². The van der Waals surface area contributed by atoms with Crippen LogP contribution in [0.1, 0.15) is 30.7 Å². The number of nitro groups is 1. The lowest BCUT2D eigenvalue weighted by Gasteiger charge is -2.31. The number of halogens is 3. The fourth-order valence-corrected chi connectivity index (χ4v) is 4.30. The van der Waals surface area contributed by atoms with Gasteiger partial charge in [0.25, 0.3) is 6.43 Å². The maximum Gasteiger partial charge on any atom is 0.324 e. The Labute approximate surface area is 185 Å². The first-order valence-corrected chi connectivity index (χ1v) is 10.9. The van der Waals surface area contributed by atoms with Crippen LogP contribution in [-0.2, 0) is 6.54 Å². The van der Waals surface area contributed by atoms with Gasteiger partial charge < -0.3 is 4.74 Å². The van der Waals surface area contributed by atoms with Crippen LogP contribution in [0, 0.1) is 21.8 Å². The smallest absolute Gasteiger partial charge is 0.324 e. The molecule has 4 rings (SSSR count). The highest BCUT2D eigenvalue weighted by atomic mass is 32.1. The van der Waals surface area contributed by atoms with Gasteiger partial charge in [-0.2, -0.15) is 9.67 Å². The summed E-state index contributed by atoms with van der Waals surface area (Å²) in [6.07, 6.45) is -1.29. The zero-order valence-corrected chi connectivity index (χ0v) is 17.7. The second kappa shape index (κ2) is 9.65. The molecule has 0 bridgehead atoms. The Kier molecular flexibility index (Phi) is 6.70. The molecule has 1 aliphatic heterocycles. The molecule has 8 nitrogen and oxygen atoms in total. The number of para-hydroxylation sites is 1. The molecule has 12 heteroatoms. The molecule has 0 radical (unpaired) electrons. The van der Waals surface area contributed by atoms with Gasteiger partial charge in [0.05, 0.1) is 11.5 Å². The van der Waals surface area contributed by atoms with Gasteiger partial charge in [-0.3, -0.25) is 15.0 Å². The monoisotopic (exact) mass is 467 g/mol. The van der Waals surface area contributed by atoms with Crippen molar-refractivity contribution in [2.75, 3.05) is 19.7 Å². The second-order valence-electron chi connectivity index (χ2n) is 7.50. The van der Waals surface area contributed by atoms with Gasteiger partial charge in [0.15, 0.2) is 0 Å². The molecule has 170 valence electrons. The molecule has 3 heterocycles. The van der Waals surface area contributed by atoms with Gasteiger partial charge in [0.1, 0.15) is 11.5 Å². The van der Waals surface area contributed by atoms with Gasteiger partial charge in [-0.05, 0) is 49.5 Å². The molecule has 32 heavy (non-hydrogen) atoms. The Morgan fingerprint density at radius 3 is 2.69 bits per heavy atom. The molecule has 1 aliphatic rings. The summed E-state index contributed by atoms with van der Waals surface area (Å²) in [6, 6.07) is 7.12. The molecule has 0 aliphatic carbocycles. The summed E-state index contributed by atoms with van der Waals surface area (Å²) in [4.78, 5) is 16.4. The molecule has 0 unspecified atom stereocenters. The van der Waals surface area contributed by atoms with Crippen LogP contribution in [0.3, 0.4) is 0 Å². The highest BCUT2D eigenvalue weighted by molar-refractivity contribution is 7.13. The van der Waals surface area contributed by atoms with E-state index >= 15 is 0 Å². The maximum absolute atomic E-state index is 14.2. The summed E-state index contributed by atoms with van der Waals surface area (Å²) in [5.41, 5.74) is 0.899. The zero-order valence-electron chi connectivity index (χ0n) is 16.9. The highest BCUT2D eigenvalue weighted by Crippen LogP contribution is 2.27. The van der Waals surface area contributed by atoms with Crippen LogP contribution in [0.25, 0.3) is 5.69 Å². The number of likely N-dealkylation sites (tertiary alicyclic amines) is 1. The molecule has 1 fully saturated rings. The van der Waals surface area contributed by atoms with Crippen molar-refractivity contribution >= 4 is 16.3 Å². The molecule has 0 atom stereocenters. The number of alkyl halides is 2. The average molecular weight is 467 g/mol. The number of benzene rings is 1. The maximum atomic E-state index is 14.2. The summed E-state index contributed by atoms with van der Waals surface area (Å²) in [7, 11) is 0. The van der Waals surface area contributed by atoms with E-state index in [1.165, 1.54) is 18.2 Å². The van der Waals surface area contributed by atoms with Crippen molar-refractivity contribution < 1.29 is 22.8 Å². The number of hydrogen-bond donors (Lipinski definition) is 0. The Bertz CT molecular complexity index is 1080. The van der Waals surface area contributed by atoms with E-state index in [-0.39, 0.29) is 29.2 Å². The van der Waals surface area contributed by atoms with E-state index in [0.29, 0.717) is 6.54 Å². The van der Waals surface area contributed by atoms with Crippen LogP contribution in [-0.4, -0.2) is 44.3 Å². The van der Waals surface area contributed by atoms with Crippen LogP contribution in [0.15, 0.2) is 35.7 Å². The van der Waals surface area contributed by atoms with Crippen molar-refractivity contribution in [3.63, 3.8) is 0 Å². The molecular weight excluding hydrogens is 447 g/mol. The van der Waals surface area contributed by atoms with Gasteiger partial charge in [0.2, 0.25) is 5.82 Å². The zero-order chi connectivity index (χ0) is 22.7. The average Bonchev–Trinajstić information content (AvgIpc) is 3.41. The first-order chi connectivity index (χ1) is 15.4. The molecule has 0 saturated carbocycles. The fourth-order valence-electron chi connectivity index (χ4n) is 3.58. The van der Waals surface area contributed by atoms with Gasteiger partial charge in [-0.15, -0.1) is 5.10 Å². The number of ether oxygens (including phenoxy) is 1. The molecule has 0 N–H and O–H groups in total. The number of piperidine rings is 1. The summed E-state index contributed by atoms with van der Waals surface area (Å²) in [6.45, 7) is 2.44.